The average Bonchev–Trinajstić information content (AvgIpc) is 2.61. The predicted molar refractivity (Wildman–Crippen MR) is 97.2 cm³/mol. The van der Waals surface area contributed by atoms with Crippen molar-refractivity contribution >= 4 is 28.9 Å². The van der Waals surface area contributed by atoms with Crippen molar-refractivity contribution in [2.75, 3.05) is 18.0 Å². The van der Waals surface area contributed by atoms with Crippen molar-refractivity contribution in [1.29, 1.82) is 0 Å². The highest BCUT2D eigenvalue weighted by molar-refractivity contribution is 6.31. The maximum atomic E-state index is 12.6. The molecule has 1 heterocycles. The first-order chi connectivity index (χ1) is 11.5. The van der Waals surface area contributed by atoms with E-state index in [0.717, 1.165) is 37.2 Å². The van der Waals surface area contributed by atoms with Crippen molar-refractivity contribution in [2.45, 2.75) is 19.8 Å². The van der Waals surface area contributed by atoms with Crippen LogP contribution < -0.4 is 4.90 Å². The highest BCUT2D eigenvalue weighted by atomic mass is 35.5. The van der Waals surface area contributed by atoms with Gasteiger partial charge >= 0.3 is 0 Å². The van der Waals surface area contributed by atoms with Crippen LogP contribution in [0.15, 0.2) is 48.5 Å². The maximum Gasteiger partial charge on any atom is 0.166 e. The van der Waals surface area contributed by atoms with Gasteiger partial charge in [-0.25, -0.2) is 0 Å². The van der Waals surface area contributed by atoms with E-state index in [9.17, 15) is 9.59 Å². The van der Waals surface area contributed by atoms with Crippen molar-refractivity contribution in [1.82, 2.24) is 0 Å². The van der Waals surface area contributed by atoms with Crippen LogP contribution in [-0.4, -0.2) is 24.7 Å². The summed E-state index contributed by atoms with van der Waals surface area (Å²) in [5.41, 5.74) is 2.53. The van der Waals surface area contributed by atoms with Crippen LogP contribution in [0.25, 0.3) is 0 Å². The van der Waals surface area contributed by atoms with Gasteiger partial charge in [0.25, 0.3) is 0 Å². The summed E-state index contributed by atoms with van der Waals surface area (Å²) in [5, 5.41) is 0.601. The number of anilines is 1. The number of nitrogens with zero attached hydrogens (tertiary/aromatic N) is 1. The van der Waals surface area contributed by atoms with Crippen LogP contribution in [0.4, 0.5) is 5.69 Å². The van der Waals surface area contributed by atoms with Gasteiger partial charge in [-0.1, -0.05) is 23.7 Å². The first-order valence-corrected chi connectivity index (χ1v) is 8.58. The van der Waals surface area contributed by atoms with Gasteiger partial charge in [0, 0.05) is 40.8 Å². The number of piperidine rings is 1. The van der Waals surface area contributed by atoms with Gasteiger partial charge in [0.15, 0.2) is 11.6 Å². The molecule has 24 heavy (non-hydrogen) atoms. The van der Waals surface area contributed by atoms with Crippen LogP contribution >= 0.6 is 11.6 Å². The van der Waals surface area contributed by atoms with Gasteiger partial charge in [0.1, 0.15) is 0 Å². The Morgan fingerprint density at radius 2 is 1.67 bits per heavy atom. The first-order valence-electron chi connectivity index (χ1n) is 8.20. The molecular formula is C20H20ClNO2. The second kappa shape index (κ2) is 7.18. The van der Waals surface area contributed by atoms with Gasteiger partial charge in [-0.15, -0.1) is 0 Å². The van der Waals surface area contributed by atoms with E-state index in [1.54, 1.807) is 19.1 Å². The van der Waals surface area contributed by atoms with E-state index in [4.69, 9.17) is 11.6 Å². The van der Waals surface area contributed by atoms with E-state index in [1.807, 2.05) is 36.4 Å². The lowest BCUT2D eigenvalue weighted by Crippen LogP contribution is -2.36. The Balaban J connectivity index is 1.63. The molecule has 0 aromatic heterocycles. The number of halogens is 1. The summed E-state index contributed by atoms with van der Waals surface area (Å²) in [6, 6.07) is 14.9. The normalized spacial score (nSPS) is 15.3. The third kappa shape index (κ3) is 3.68. The molecule has 0 saturated carbocycles. The summed E-state index contributed by atoms with van der Waals surface area (Å²) in [4.78, 5) is 26.2. The quantitative estimate of drug-likeness (QED) is 0.760. The van der Waals surface area contributed by atoms with Crippen LogP contribution in [0.1, 0.15) is 40.5 Å². The smallest absolute Gasteiger partial charge is 0.166 e. The molecule has 1 fully saturated rings. The number of rotatable bonds is 4. The van der Waals surface area contributed by atoms with Gasteiger partial charge in [0.05, 0.1) is 0 Å². The fourth-order valence-corrected chi connectivity index (χ4v) is 3.37. The fourth-order valence-electron chi connectivity index (χ4n) is 3.18. The van der Waals surface area contributed by atoms with E-state index in [-0.39, 0.29) is 17.5 Å². The molecule has 2 aromatic carbocycles. The average molecular weight is 342 g/mol. The van der Waals surface area contributed by atoms with Crippen LogP contribution in [0.2, 0.25) is 5.02 Å². The lowest BCUT2D eigenvalue weighted by molar-refractivity contribution is 0.0900. The van der Waals surface area contributed by atoms with Gasteiger partial charge in [0.2, 0.25) is 0 Å². The van der Waals surface area contributed by atoms with E-state index in [0.29, 0.717) is 10.6 Å². The number of Topliss-reactive ketones (excluding diaryl/α,β-unsaturated/α-hetero) is 2. The summed E-state index contributed by atoms with van der Waals surface area (Å²) >= 11 is 5.98. The summed E-state index contributed by atoms with van der Waals surface area (Å²) in [7, 11) is 0. The molecule has 0 atom stereocenters. The minimum Gasteiger partial charge on any atom is -0.371 e. The number of benzene rings is 2. The Labute approximate surface area is 147 Å². The van der Waals surface area contributed by atoms with Crippen molar-refractivity contribution in [3.8, 4) is 0 Å². The number of hydrogen-bond acceptors (Lipinski definition) is 3. The Kier molecular flexibility index (Phi) is 5.00. The molecule has 0 radical (unpaired) electrons. The zero-order chi connectivity index (χ0) is 17.1. The molecule has 1 saturated heterocycles. The van der Waals surface area contributed by atoms with Crippen molar-refractivity contribution in [3.05, 3.63) is 64.7 Å². The SMILES string of the molecule is CC(=O)c1ccc(N2CCC(C(=O)c3cccc(Cl)c3)CC2)cc1. The lowest BCUT2D eigenvalue weighted by atomic mass is 9.88. The van der Waals surface area contributed by atoms with Gasteiger partial charge in [-0.3, -0.25) is 9.59 Å². The highest BCUT2D eigenvalue weighted by Gasteiger charge is 2.26. The summed E-state index contributed by atoms with van der Waals surface area (Å²) in [6.45, 7) is 3.26. The summed E-state index contributed by atoms with van der Waals surface area (Å²) in [6.07, 6.45) is 1.67. The standard InChI is InChI=1S/C20H20ClNO2/c1-14(23)15-5-7-19(8-6-15)22-11-9-16(10-12-22)20(24)17-3-2-4-18(21)13-17/h2-8,13,16H,9-12H2,1H3. The topological polar surface area (TPSA) is 37.4 Å². The molecule has 0 bridgehead atoms. The maximum absolute atomic E-state index is 12.6. The minimum atomic E-state index is 0.0520. The van der Waals surface area contributed by atoms with Gasteiger partial charge in [-0.05, 0) is 56.2 Å². The molecule has 0 unspecified atom stereocenters. The Hall–Kier alpha value is -2.13. The molecule has 124 valence electrons. The van der Waals surface area contributed by atoms with E-state index in [1.165, 1.54) is 0 Å². The largest absolute Gasteiger partial charge is 0.371 e. The molecule has 0 amide bonds. The third-order valence-corrected chi connectivity index (χ3v) is 4.85. The number of carbonyl (C=O) groups is 2. The van der Waals surface area contributed by atoms with Crippen LogP contribution in [-0.2, 0) is 0 Å². The van der Waals surface area contributed by atoms with E-state index < -0.39 is 0 Å². The lowest BCUT2D eigenvalue weighted by Gasteiger charge is -2.33. The van der Waals surface area contributed by atoms with Crippen molar-refractivity contribution in [3.63, 3.8) is 0 Å². The Morgan fingerprint density at radius 1 is 1.00 bits per heavy atom. The molecule has 1 aliphatic rings. The number of ketones is 2. The second-order valence-corrected chi connectivity index (χ2v) is 6.68. The Bertz CT molecular complexity index is 746. The van der Waals surface area contributed by atoms with Crippen molar-refractivity contribution in [2.24, 2.45) is 5.92 Å². The monoisotopic (exact) mass is 341 g/mol. The molecule has 1 aliphatic heterocycles. The third-order valence-electron chi connectivity index (χ3n) is 4.61. The molecule has 0 N–H and O–H groups in total. The fraction of sp³-hybridized carbons (Fsp3) is 0.300. The van der Waals surface area contributed by atoms with E-state index >= 15 is 0 Å². The summed E-state index contributed by atoms with van der Waals surface area (Å²) in [5.74, 6) is 0.313. The molecule has 3 nitrogen and oxygen atoms in total. The van der Waals surface area contributed by atoms with Crippen LogP contribution in [0, 0.1) is 5.92 Å². The second-order valence-electron chi connectivity index (χ2n) is 6.24. The minimum absolute atomic E-state index is 0.0520. The molecule has 0 spiro atoms. The Morgan fingerprint density at radius 3 is 2.25 bits per heavy atom. The number of carbonyl (C=O) groups excluding carboxylic acids is 2. The highest BCUT2D eigenvalue weighted by Crippen LogP contribution is 2.26. The first kappa shape index (κ1) is 16.7. The molecule has 3 rings (SSSR count). The summed E-state index contributed by atoms with van der Waals surface area (Å²) < 4.78 is 0. The van der Waals surface area contributed by atoms with E-state index in [2.05, 4.69) is 4.90 Å². The predicted octanol–water partition coefficient (Wildman–Crippen LogP) is 4.64. The zero-order valence-corrected chi connectivity index (χ0v) is 14.4. The molecule has 2 aromatic rings. The van der Waals surface area contributed by atoms with Crippen LogP contribution in [0.5, 0.6) is 0 Å². The molecule has 0 aliphatic carbocycles. The van der Waals surface area contributed by atoms with Crippen molar-refractivity contribution < 1.29 is 9.59 Å². The zero-order valence-electron chi connectivity index (χ0n) is 13.7. The van der Waals surface area contributed by atoms with Gasteiger partial charge < -0.3 is 4.90 Å². The molecule has 4 heteroatoms. The molecular weight excluding hydrogens is 322 g/mol. The van der Waals surface area contributed by atoms with Crippen LogP contribution in [0.3, 0.4) is 0 Å². The number of hydrogen-bond donors (Lipinski definition) is 0. The van der Waals surface area contributed by atoms with Gasteiger partial charge in [-0.2, -0.15) is 0 Å².